The summed E-state index contributed by atoms with van der Waals surface area (Å²) >= 11 is 0.787. The highest BCUT2D eigenvalue weighted by molar-refractivity contribution is 8.13. The van der Waals surface area contributed by atoms with Crippen molar-refractivity contribution in [3.8, 4) is 0 Å². The lowest BCUT2D eigenvalue weighted by Gasteiger charge is -2.30. The average molecular weight is 926 g/mol. The van der Waals surface area contributed by atoms with Crippen molar-refractivity contribution >= 4 is 75.1 Å². The normalized spacial score (nSPS) is 22.2. The van der Waals surface area contributed by atoms with E-state index in [0.29, 0.717) is 0 Å². The summed E-state index contributed by atoms with van der Waals surface area (Å²) in [4.78, 5) is 98.6. The third-order valence-corrected chi connectivity index (χ3v) is 12.4. The van der Waals surface area contributed by atoms with Gasteiger partial charge in [0.15, 0.2) is 22.8 Å². The fourth-order valence-electron chi connectivity index (χ4n) is 5.21. The minimum absolute atomic E-state index is 0.0150. The number of ether oxygens (including phenoxy) is 1. The fraction of sp³-hybridized carbons (Fsp3) is 0.679. The van der Waals surface area contributed by atoms with Gasteiger partial charge >= 0.3 is 29.4 Å². The Morgan fingerprint density at radius 1 is 1.03 bits per heavy atom. The average Bonchev–Trinajstić information content (AvgIpc) is 3.67. The molecule has 59 heavy (non-hydrogen) atoms. The van der Waals surface area contributed by atoms with Crippen LogP contribution in [0, 0.1) is 5.41 Å². The second-order valence-corrected chi connectivity index (χ2v) is 19.0. The zero-order valence-corrected chi connectivity index (χ0v) is 35.0. The number of nitrogens with two attached hydrogens (primary N) is 1. The summed E-state index contributed by atoms with van der Waals surface area (Å²) in [7, 11) is -16.5. The van der Waals surface area contributed by atoms with Crippen LogP contribution in [0.1, 0.15) is 52.7 Å². The summed E-state index contributed by atoms with van der Waals surface area (Å²) in [6, 6.07) is 0. The summed E-state index contributed by atoms with van der Waals surface area (Å²) in [5.41, 5.74) is 2.49. The van der Waals surface area contributed by atoms with E-state index in [0.717, 1.165) is 29.0 Å². The van der Waals surface area contributed by atoms with E-state index in [9.17, 15) is 67.8 Å². The first-order valence-electron chi connectivity index (χ1n) is 17.2. The monoisotopic (exact) mass is 925 g/mol. The number of anilines is 1. The molecule has 12 N–H and O–H groups in total. The summed E-state index contributed by atoms with van der Waals surface area (Å²) in [6.45, 7) is 1.63. The fourth-order valence-corrected chi connectivity index (χ4v) is 8.84. The Balaban J connectivity index is 1.46. The van der Waals surface area contributed by atoms with Crippen molar-refractivity contribution in [2.24, 2.45) is 5.41 Å². The van der Waals surface area contributed by atoms with Crippen molar-refractivity contribution in [3.05, 3.63) is 12.7 Å². The number of imidazole rings is 1. The van der Waals surface area contributed by atoms with Crippen LogP contribution in [0.5, 0.6) is 0 Å². The molecule has 0 radical (unpaired) electrons. The molecule has 0 bridgehead atoms. The van der Waals surface area contributed by atoms with Gasteiger partial charge in [0.25, 0.3) is 0 Å². The molecule has 27 nitrogen and oxygen atoms in total. The molecular weight excluding hydrogens is 879 g/mol. The number of nitrogens with zero attached hydrogens (tertiary/aromatic N) is 4. The van der Waals surface area contributed by atoms with E-state index >= 15 is 0 Å². The van der Waals surface area contributed by atoms with Gasteiger partial charge in [-0.1, -0.05) is 32.5 Å². The molecule has 3 rings (SSSR count). The van der Waals surface area contributed by atoms with Crippen LogP contribution in [0.3, 0.4) is 0 Å². The lowest BCUT2D eigenvalue weighted by molar-refractivity contribution is -0.143. The van der Waals surface area contributed by atoms with Crippen molar-refractivity contribution < 1.29 is 95.5 Å². The summed E-state index contributed by atoms with van der Waals surface area (Å²) < 4.78 is 62.0. The van der Waals surface area contributed by atoms with E-state index < -0.39 is 114 Å². The largest absolute Gasteiger partial charge is 0.481 e. The molecule has 2 unspecified atom stereocenters. The molecule has 2 amide bonds. The van der Waals surface area contributed by atoms with Gasteiger partial charge in [-0.05, 0) is 6.42 Å². The van der Waals surface area contributed by atoms with Gasteiger partial charge in [-0.2, -0.15) is 4.31 Å². The smallest absolute Gasteiger partial charge is 0.481 e. The molecule has 2 aromatic heterocycles. The van der Waals surface area contributed by atoms with Gasteiger partial charge in [-0.15, -0.1) is 0 Å². The Kier molecular flexibility index (Phi) is 17.7. The summed E-state index contributed by atoms with van der Waals surface area (Å²) in [5, 5.41) is 44.9. The van der Waals surface area contributed by atoms with Gasteiger partial charge in [-0.3, -0.25) is 37.3 Å². The molecule has 8 atom stereocenters. The van der Waals surface area contributed by atoms with E-state index in [-0.39, 0.29) is 48.7 Å². The lowest BCUT2D eigenvalue weighted by Crippen LogP contribution is -2.46. The number of aromatic nitrogens is 4. The highest BCUT2D eigenvalue weighted by Gasteiger charge is 2.50. The number of carbonyl (C=O) groups is 4. The van der Waals surface area contributed by atoms with Crippen LogP contribution < -0.4 is 16.4 Å². The van der Waals surface area contributed by atoms with Gasteiger partial charge in [0.05, 0.1) is 31.6 Å². The molecule has 0 saturated carbocycles. The number of phosphoric acid groups is 3. The molecule has 31 heteroatoms. The lowest BCUT2D eigenvalue weighted by atomic mass is 9.87. The van der Waals surface area contributed by atoms with Gasteiger partial charge in [0.2, 0.25) is 11.8 Å². The first-order valence-corrected chi connectivity index (χ1v) is 22.7. The number of hydrogen-bond acceptors (Lipinski definition) is 20. The van der Waals surface area contributed by atoms with Crippen molar-refractivity contribution in [3.63, 3.8) is 0 Å². The molecule has 0 aromatic carbocycles. The van der Waals surface area contributed by atoms with Crippen molar-refractivity contribution in [1.82, 2.24) is 30.2 Å². The Hall–Kier alpha value is -3.01. The van der Waals surface area contributed by atoms with Crippen molar-refractivity contribution in [2.75, 3.05) is 37.8 Å². The van der Waals surface area contributed by atoms with E-state index in [1.165, 1.54) is 13.8 Å². The molecule has 1 aliphatic rings. The van der Waals surface area contributed by atoms with Gasteiger partial charge in [0, 0.05) is 37.1 Å². The highest BCUT2D eigenvalue weighted by atomic mass is 32.2. The molecule has 1 aliphatic heterocycles. The Bertz CT molecular complexity index is 1970. The highest BCUT2D eigenvalue weighted by Crippen LogP contribution is 2.61. The van der Waals surface area contributed by atoms with Crippen LogP contribution in [-0.4, -0.2) is 144 Å². The van der Waals surface area contributed by atoms with Gasteiger partial charge in [0.1, 0.15) is 36.3 Å². The minimum Gasteiger partial charge on any atom is -0.481 e. The topological polar surface area (TPSA) is 421 Å². The number of phosphoric ester groups is 3. The number of amides is 2. The number of rotatable bonds is 24. The van der Waals surface area contributed by atoms with E-state index in [1.54, 1.807) is 6.92 Å². The molecule has 2 aromatic rings. The number of nitrogens with one attached hydrogen (secondary N) is 2. The van der Waals surface area contributed by atoms with E-state index in [2.05, 4.69) is 34.4 Å². The second-order valence-electron chi connectivity index (χ2n) is 13.6. The molecule has 0 aliphatic carbocycles. The van der Waals surface area contributed by atoms with Crippen LogP contribution >= 0.6 is 35.2 Å². The zero-order valence-electron chi connectivity index (χ0n) is 31.5. The predicted octanol–water partition coefficient (Wildman–Crippen LogP) is -1.33. The molecule has 0 spiro atoms. The van der Waals surface area contributed by atoms with Crippen LogP contribution in [0.15, 0.2) is 12.7 Å². The maximum atomic E-state index is 12.7. The van der Waals surface area contributed by atoms with Crippen LogP contribution in [0.25, 0.3) is 11.2 Å². The SMILES string of the molecule is CC[C@@](O)(CC(=O)O)CC(=O)SCCNC(=O)CCNC(=O)[C@H](O)C(C)(C)COP(=O)(O)OP(=O)(O)OC[C@H]1O[C@@H](n2cnc3c(N)ncnc32)[C@H](O)[C@@H]1OP(=O)(O)O. The Morgan fingerprint density at radius 2 is 1.69 bits per heavy atom. The molecule has 1 fully saturated rings. The number of hydrogen-bond donors (Lipinski definition) is 11. The van der Waals surface area contributed by atoms with Gasteiger partial charge in [-0.25, -0.2) is 28.6 Å². The van der Waals surface area contributed by atoms with Gasteiger partial charge < -0.3 is 61.1 Å². The van der Waals surface area contributed by atoms with Crippen molar-refractivity contribution in [1.29, 1.82) is 0 Å². The number of nitrogen functional groups attached to an aromatic ring is 1. The number of aliphatic hydroxyl groups excluding tert-OH is 2. The first-order chi connectivity index (χ1) is 27.2. The Labute approximate surface area is 338 Å². The second kappa shape index (κ2) is 20.7. The minimum atomic E-state index is -5.60. The molecular formula is C28H46N7O20P3S. The third-order valence-electron chi connectivity index (χ3n) is 8.38. The van der Waals surface area contributed by atoms with Crippen molar-refractivity contribution in [2.45, 2.75) is 82.7 Å². The predicted molar refractivity (Wildman–Crippen MR) is 199 cm³/mol. The number of carbonyl (C=O) groups excluding carboxylic acids is 3. The van der Waals surface area contributed by atoms with E-state index in [4.69, 9.17) is 24.6 Å². The first kappa shape index (κ1) is 50.3. The molecule has 1 saturated heterocycles. The molecule has 334 valence electrons. The number of aliphatic carboxylic acids is 1. The van der Waals surface area contributed by atoms with Crippen LogP contribution in [0.4, 0.5) is 5.82 Å². The van der Waals surface area contributed by atoms with E-state index in [1.807, 2.05) is 0 Å². The Morgan fingerprint density at radius 3 is 2.32 bits per heavy atom. The standard InChI is InChI=1S/C28H46N7O20P3S/c1-4-28(43,9-17(37)38)10-18(39)59-8-7-30-16(36)5-6-31-25(42)22(41)27(2,3)12-52-58(49,50)55-57(47,48)51-11-15-21(54-56(44,45)46)20(40)26(53-15)35-14-34-19-23(29)32-13-33-24(19)35/h13-15,20-22,26,40-41,43H,4-12H2,1-3H3,(H,30,36)(H,31,42)(H,37,38)(H,47,48)(H,49,50)(H2,29,32,33)(H2,44,45,46)/t15-,20-,21-,22+,26-,28-/m1/s1. The quantitative estimate of drug-likeness (QED) is 0.0429. The number of carboxylic acids is 1. The third kappa shape index (κ3) is 15.4. The van der Waals surface area contributed by atoms with Crippen LogP contribution in [0.2, 0.25) is 0 Å². The van der Waals surface area contributed by atoms with Crippen LogP contribution in [-0.2, 0) is 55.5 Å². The summed E-state index contributed by atoms with van der Waals surface area (Å²) in [6.07, 6.45) is -8.12. The number of carboxylic acid groups (broad SMARTS) is 1. The number of thioether (sulfide) groups is 1. The maximum absolute atomic E-state index is 12.7. The maximum Gasteiger partial charge on any atom is 0.481 e. The number of aliphatic hydroxyl groups is 3. The summed E-state index contributed by atoms with van der Waals surface area (Å²) in [5.74, 6) is -2.79. The zero-order chi connectivity index (χ0) is 44.6. The number of fused-ring (bicyclic) bond motifs is 1. The molecule has 3 heterocycles.